The van der Waals surface area contributed by atoms with Crippen molar-refractivity contribution in [2.24, 2.45) is 0 Å². The molecule has 120 valence electrons. The third-order valence-corrected chi connectivity index (χ3v) is 4.76. The summed E-state index contributed by atoms with van der Waals surface area (Å²) in [6, 6.07) is 21.6. The Morgan fingerprint density at radius 1 is 0.500 bits per heavy atom. The zero-order valence-electron chi connectivity index (χ0n) is 13.5. The maximum absolute atomic E-state index is 9.20. The van der Waals surface area contributed by atoms with Crippen molar-refractivity contribution in [3.05, 3.63) is 71.8 Å². The monoisotopic (exact) mass is 316 g/mol. The summed E-state index contributed by atoms with van der Waals surface area (Å²) >= 11 is 0. The second kappa shape index (κ2) is 6.23. The van der Waals surface area contributed by atoms with Crippen molar-refractivity contribution >= 4 is 32.3 Å². The van der Waals surface area contributed by atoms with Crippen LogP contribution >= 0.6 is 0 Å². The van der Waals surface area contributed by atoms with Crippen LogP contribution in [-0.2, 0) is 12.8 Å². The molecule has 0 radical (unpaired) electrons. The summed E-state index contributed by atoms with van der Waals surface area (Å²) in [7, 11) is 0. The number of fused-ring (bicyclic) bond motifs is 5. The van der Waals surface area contributed by atoms with E-state index in [2.05, 4.69) is 60.7 Å². The topological polar surface area (TPSA) is 40.5 Å². The van der Waals surface area contributed by atoms with Crippen LogP contribution < -0.4 is 0 Å². The van der Waals surface area contributed by atoms with Gasteiger partial charge in [0.15, 0.2) is 0 Å². The van der Waals surface area contributed by atoms with Crippen molar-refractivity contribution in [2.45, 2.75) is 12.8 Å². The van der Waals surface area contributed by atoms with Gasteiger partial charge in [-0.15, -0.1) is 0 Å². The summed E-state index contributed by atoms with van der Waals surface area (Å²) in [5.41, 5.74) is 2.33. The van der Waals surface area contributed by atoms with Gasteiger partial charge in [-0.1, -0.05) is 60.7 Å². The number of hydrogen-bond donors (Lipinski definition) is 2. The highest BCUT2D eigenvalue weighted by Gasteiger charge is 2.06. The quantitative estimate of drug-likeness (QED) is 0.554. The van der Waals surface area contributed by atoms with Crippen LogP contribution in [0, 0.1) is 0 Å². The van der Waals surface area contributed by atoms with E-state index >= 15 is 0 Å². The Bertz CT molecular complexity index is 1030. The molecule has 0 fully saturated rings. The molecule has 0 aliphatic carbocycles. The van der Waals surface area contributed by atoms with E-state index in [1.807, 2.05) is 0 Å². The van der Waals surface area contributed by atoms with E-state index in [-0.39, 0.29) is 13.2 Å². The number of aliphatic hydroxyl groups is 2. The van der Waals surface area contributed by atoms with Gasteiger partial charge in [0.1, 0.15) is 0 Å². The first-order valence-electron chi connectivity index (χ1n) is 8.39. The fourth-order valence-corrected chi connectivity index (χ4v) is 3.54. The first kappa shape index (κ1) is 15.1. The van der Waals surface area contributed by atoms with E-state index in [1.54, 1.807) is 0 Å². The van der Waals surface area contributed by atoms with E-state index in [0.29, 0.717) is 12.8 Å². The Labute approximate surface area is 141 Å². The third kappa shape index (κ3) is 2.54. The Morgan fingerprint density at radius 3 is 1.79 bits per heavy atom. The van der Waals surface area contributed by atoms with Gasteiger partial charge in [0.25, 0.3) is 0 Å². The van der Waals surface area contributed by atoms with Crippen LogP contribution in [0.25, 0.3) is 32.3 Å². The molecule has 0 aromatic heterocycles. The molecule has 0 saturated heterocycles. The van der Waals surface area contributed by atoms with Gasteiger partial charge in [-0.05, 0) is 56.3 Å². The first-order chi connectivity index (χ1) is 11.8. The van der Waals surface area contributed by atoms with Crippen molar-refractivity contribution in [1.29, 1.82) is 0 Å². The predicted octanol–water partition coefficient (Wildman–Crippen LogP) is 4.22. The van der Waals surface area contributed by atoms with Crippen LogP contribution in [0.1, 0.15) is 11.1 Å². The second-order valence-corrected chi connectivity index (χ2v) is 6.28. The molecular weight excluding hydrogens is 296 g/mol. The lowest BCUT2D eigenvalue weighted by Crippen LogP contribution is -1.91. The average molecular weight is 316 g/mol. The minimum absolute atomic E-state index is 0.173. The number of rotatable bonds is 4. The molecule has 0 saturated carbocycles. The molecule has 2 N–H and O–H groups in total. The molecule has 0 spiro atoms. The number of benzene rings is 4. The van der Waals surface area contributed by atoms with Crippen molar-refractivity contribution in [3.8, 4) is 0 Å². The minimum atomic E-state index is 0.173. The van der Waals surface area contributed by atoms with E-state index < -0.39 is 0 Å². The second-order valence-electron chi connectivity index (χ2n) is 6.28. The highest BCUT2D eigenvalue weighted by molar-refractivity contribution is 6.17. The minimum Gasteiger partial charge on any atom is -0.396 e. The first-order valence-corrected chi connectivity index (χ1v) is 8.39. The van der Waals surface area contributed by atoms with Crippen LogP contribution in [0.5, 0.6) is 0 Å². The van der Waals surface area contributed by atoms with Gasteiger partial charge in [0.05, 0.1) is 0 Å². The van der Waals surface area contributed by atoms with Gasteiger partial charge < -0.3 is 10.2 Å². The smallest absolute Gasteiger partial charge is 0.0471 e. The lowest BCUT2D eigenvalue weighted by atomic mass is 9.94. The highest BCUT2D eigenvalue weighted by atomic mass is 16.3. The Hall–Kier alpha value is -2.42. The molecule has 2 nitrogen and oxygen atoms in total. The lowest BCUT2D eigenvalue weighted by molar-refractivity contribution is 0.299. The zero-order valence-corrected chi connectivity index (χ0v) is 13.5. The van der Waals surface area contributed by atoms with Gasteiger partial charge in [-0.25, -0.2) is 0 Å². The Kier molecular flexibility index (Phi) is 3.93. The molecule has 0 aliphatic rings. The van der Waals surface area contributed by atoms with Crippen molar-refractivity contribution in [3.63, 3.8) is 0 Å². The van der Waals surface area contributed by atoms with Crippen LogP contribution in [0.4, 0.5) is 0 Å². The molecule has 4 aromatic carbocycles. The zero-order chi connectivity index (χ0) is 16.5. The highest BCUT2D eigenvalue weighted by Crippen LogP contribution is 2.32. The standard InChI is InChI=1S/C22H20O2/c23-11-9-15-2-6-19-18(13-15)5-8-21-20(19)7-4-17-3-1-16(10-12-24)14-22(17)21/h1-8,13-14,23-24H,9-12H2. The van der Waals surface area contributed by atoms with Crippen molar-refractivity contribution < 1.29 is 10.2 Å². The molecule has 24 heavy (non-hydrogen) atoms. The van der Waals surface area contributed by atoms with Crippen LogP contribution in [0.2, 0.25) is 0 Å². The summed E-state index contributed by atoms with van der Waals surface area (Å²) < 4.78 is 0. The van der Waals surface area contributed by atoms with Crippen LogP contribution in [0.15, 0.2) is 60.7 Å². The normalized spacial score (nSPS) is 11.6. The number of aliphatic hydroxyl groups excluding tert-OH is 2. The van der Waals surface area contributed by atoms with Gasteiger partial charge in [0.2, 0.25) is 0 Å². The summed E-state index contributed by atoms with van der Waals surface area (Å²) in [5.74, 6) is 0. The summed E-state index contributed by atoms with van der Waals surface area (Å²) in [5, 5.41) is 25.7. The maximum atomic E-state index is 9.20. The lowest BCUT2D eigenvalue weighted by Gasteiger charge is -2.10. The Balaban J connectivity index is 1.99. The van der Waals surface area contributed by atoms with Crippen LogP contribution in [-0.4, -0.2) is 23.4 Å². The average Bonchev–Trinajstić information content (AvgIpc) is 2.61. The fourth-order valence-electron chi connectivity index (χ4n) is 3.54. The molecule has 4 aromatic rings. The van der Waals surface area contributed by atoms with E-state index in [0.717, 1.165) is 11.1 Å². The van der Waals surface area contributed by atoms with E-state index in [9.17, 15) is 5.11 Å². The van der Waals surface area contributed by atoms with E-state index in [1.165, 1.54) is 32.3 Å². The van der Waals surface area contributed by atoms with Gasteiger partial charge in [-0.2, -0.15) is 0 Å². The van der Waals surface area contributed by atoms with E-state index in [4.69, 9.17) is 5.11 Å². The van der Waals surface area contributed by atoms with Crippen molar-refractivity contribution in [1.82, 2.24) is 0 Å². The largest absolute Gasteiger partial charge is 0.396 e. The molecule has 0 bridgehead atoms. The van der Waals surface area contributed by atoms with Gasteiger partial charge in [-0.3, -0.25) is 0 Å². The summed E-state index contributed by atoms with van der Waals surface area (Å²) in [4.78, 5) is 0. The molecule has 0 unspecified atom stereocenters. The molecule has 0 amide bonds. The molecule has 0 aliphatic heterocycles. The van der Waals surface area contributed by atoms with Gasteiger partial charge in [0, 0.05) is 13.2 Å². The summed E-state index contributed by atoms with van der Waals surface area (Å²) in [6.45, 7) is 0.351. The van der Waals surface area contributed by atoms with Gasteiger partial charge >= 0.3 is 0 Å². The predicted molar refractivity (Wildman–Crippen MR) is 101 cm³/mol. The Morgan fingerprint density at radius 2 is 1.04 bits per heavy atom. The SMILES string of the molecule is OCCc1ccc2c(ccc3c4cc(CCO)ccc4ccc23)c1. The number of hydrogen-bond acceptors (Lipinski definition) is 2. The maximum Gasteiger partial charge on any atom is 0.0471 e. The summed E-state index contributed by atoms with van der Waals surface area (Å²) in [6.07, 6.45) is 1.38. The molecule has 4 rings (SSSR count). The van der Waals surface area contributed by atoms with Crippen molar-refractivity contribution in [2.75, 3.05) is 13.2 Å². The fraction of sp³-hybridized carbons (Fsp3) is 0.182. The molecule has 0 heterocycles. The third-order valence-electron chi connectivity index (χ3n) is 4.76. The molecule has 2 heteroatoms. The molecule has 0 atom stereocenters. The van der Waals surface area contributed by atoms with Crippen LogP contribution in [0.3, 0.4) is 0 Å². The molecular formula is C22H20O2.